The average Bonchev–Trinajstić information content (AvgIpc) is 2.44. The SMILES string of the molecule is CCNC(CC)(CCCN(CC)CCOCC)C(=O)O. The van der Waals surface area contributed by atoms with E-state index in [1.807, 2.05) is 20.8 Å². The quantitative estimate of drug-likeness (QED) is 0.507. The number of nitrogens with zero attached hydrogens (tertiary/aromatic N) is 1. The predicted molar refractivity (Wildman–Crippen MR) is 82.2 cm³/mol. The van der Waals surface area contributed by atoms with Crippen molar-refractivity contribution in [2.45, 2.75) is 52.5 Å². The minimum absolute atomic E-state index is 0.612. The van der Waals surface area contributed by atoms with E-state index in [1.165, 1.54) is 0 Å². The molecule has 0 aromatic rings. The van der Waals surface area contributed by atoms with Gasteiger partial charge in [-0.3, -0.25) is 4.79 Å². The van der Waals surface area contributed by atoms with Crippen molar-refractivity contribution in [3.63, 3.8) is 0 Å². The summed E-state index contributed by atoms with van der Waals surface area (Å²) in [6.45, 7) is 13.0. The molecule has 5 heteroatoms. The van der Waals surface area contributed by atoms with Gasteiger partial charge in [-0.25, -0.2) is 0 Å². The van der Waals surface area contributed by atoms with Crippen LogP contribution in [0.15, 0.2) is 0 Å². The van der Waals surface area contributed by atoms with Crippen LogP contribution in [0.2, 0.25) is 0 Å². The summed E-state index contributed by atoms with van der Waals surface area (Å²) in [7, 11) is 0. The van der Waals surface area contributed by atoms with Gasteiger partial charge in [0.2, 0.25) is 0 Å². The van der Waals surface area contributed by atoms with Gasteiger partial charge in [0.25, 0.3) is 0 Å². The summed E-state index contributed by atoms with van der Waals surface area (Å²) >= 11 is 0. The Kier molecular flexibility index (Phi) is 10.7. The second-order valence-corrected chi connectivity index (χ2v) is 5.01. The molecule has 0 aromatic carbocycles. The van der Waals surface area contributed by atoms with Crippen LogP contribution in [0.3, 0.4) is 0 Å². The molecule has 0 aliphatic carbocycles. The first-order chi connectivity index (χ1) is 9.56. The number of hydrogen-bond donors (Lipinski definition) is 2. The van der Waals surface area contributed by atoms with Crippen molar-refractivity contribution < 1.29 is 14.6 Å². The van der Waals surface area contributed by atoms with Gasteiger partial charge in [0, 0.05) is 13.2 Å². The molecule has 2 N–H and O–H groups in total. The minimum atomic E-state index is -0.770. The molecule has 5 nitrogen and oxygen atoms in total. The normalized spacial score (nSPS) is 14.4. The van der Waals surface area contributed by atoms with Gasteiger partial charge in [0.05, 0.1) is 6.61 Å². The molecule has 0 heterocycles. The van der Waals surface area contributed by atoms with Crippen molar-refractivity contribution in [1.82, 2.24) is 10.2 Å². The van der Waals surface area contributed by atoms with E-state index >= 15 is 0 Å². The third-order valence-electron chi connectivity index (χ3n) is 3.81. The molecule has 0 aromatic heterocycles. The lowest BCUT2D eigenvalue weighted by Gasteiger charge is -2.30. The lowest BCUT2D eigenvalue weighted by molar-refractivity contribution is -0.145. The van der Waals surface area contributed by atoms with Gasteiger partial charge in [-0.15, -0.1) is 0 Å². The Labute approximate surface area is 123 Å². The molecule has 0 amide bonds. The number of hydrogen-bond acceptors (Lipinski definition) is 4. The topological polar surface area (TPSA) is 61.8 Å². The molecule has 0 spiro atoms. The van der Waals surface area contributed by atoms with E-state index in [9.17, 15) is 9.90 Å². The molecule has 0 aliphatic heterocycles. The zero-order valence-corrected chi connectivity index (χ0v) is 13.6. The molecule has 20 heavy (non-hydrogen) atoms. The summed E-state index contributed by atoms with van der Waals surface area (Å²) < 4.78 is 5.36. The van der Waals surface area contributed by atoms with Crippen molar-refractivity contribution in [3.05, 3.63) is 0 Å². The molecule has 0 bridgehead atoms. The van der Waals surface area contributed by atoms with Crippen LogP contribution in [0.5, 0.6) is 0 Å². The molecule has 0 fully saturated rings. The number of carbonyl (C=O) groups is 1. The summed E-state index contributed by atoms with van der Waals surface area (Å²) in [4.78, 5) is 13.8. The molecule has 0 saturated carbocycles. The van der Waals surface area contributed by atoms with E-state index < -0.39 is 11.5 Å². The molecule has 0 rings (SSSR count). The molecule has 1 atom stereocenters. The van der Waals surface area contributed by atoms with Gasteiger partial charge in [0.1, 0.15) is 5.54 Å². The summed E-state index contributed by atoms with van der Waals surface area (Å²) in [5, 5.41) is 12.6. The fourth-order valence-corrected chi connectivity index (χ4v) is 2.43. The standard InChI is InChI=1S/C15H32N2O3/c1-5-15(14(18)19,16-6-2)10-9-11-17(7-3)12-13-20-8-4/h16H,5-13H2,1-4H3,(H,18,19). The fraction of sp³-hybridized carbons (Fsp3) is 0.933. The highest BCUT2D eigenvalue weighted by Gasteiger charge is 2.34. The van der Waals surface area contributed by atoms with Crippen molar-refractivity contribution in [1.29, 1.82) is 0 Å². The number of nitrogens with one attached hydrogen (secondary N) is 1. The maximum absolute atomic E-state index is 11.5. The van der Waals surface area contributed by atoms with E-state index in [4.69, 9.17) is 4.74 Å². The molecule has 120 valence electrons. The van der Waals surface area contributed by atoms with E-state index in [0.29, 0.717) is 19.4 Å². The van der Waals surface area contributed by atoms with Crippen LogP contribution in [0, 0.1) is 0 Å². The Morgan fingerprint density at radius 2 is 1.95 bits per heavy atom. The van der Waals surface area contributed by atoms with E-state index in [-0.39, 0.29) is 0 Å². The van der Waals surface area contributed by atoms with Gasteiger partial charge in [0.15, 0.2) is 0 Å². The highest BCUT2D eigenvalue weighted by Crippen LogP contribution is 2.18. The summed E-state index contributed by atoms with van der Waals surface area (Å²) in [5.41, 5.74) is -0.770. The van der Waals surface area contributed by atoms with Crippen LogP contribution in [0.4, 0.5) is 0 Å². The summed E-state index contributed by atoms with van der Waals surface area (Å²) in [6.07, 6.45) is 2.16. The Hall–Kier alpha value is -0.650. The van der Waals surface area contributed by atoms with Crippen LogP contribution in [0.25, 0.3) is 0 Å². The van der Waals surface area contributed by atoms with Crippen LogP contribution >= 0.6 is 0 Å². The van der Waals surface area contributed by atoms with E-state index in [2.05, 4.69) is 17.1 Å². The average molecular weight is 288 g/mol. The Morgan fingerprint density at radius 3 is 2.40 bits per heavy atom. The monoisotopic (exact) mass is 288 g/mol. The maximum Gasteiger partial charge on any atom is 0.323 e. The highest BCUT2D eigenvalue weighted by molar-refractivity contribution is 5.78. The van der Waals surface area contributed by atoms with E-state index in [1.54, 1.807) is 0 Å². The zero-order valence-electron chi connectivity index (χ0n) is 13.6. The van der Waals surface area contributed by atoms with Crippen LogP contribution < -0.4 is 5.32 Å². The predicted octanol–water partition coefficient (Wildman–Crippen LogP) is 1.97. The number of aliphatic carboxylic acids is 1. The third kappa shape index (κ3) is 6.68. The second kappa shape index (κ2) is 11.1. The first kappa shape index (κ1) is 19.4. The summed E-state index contributed by atoms with van der Waals surface area (Å²) in [6, 6.07) is 0. The molecule has 0 aliphatic rings. The van der Waals surface area contributed by atoms with Gasteiger partial charge < -0.3 is 20.1 Å². The first-order valence-corrected chi connectivity index (χ1v) is 7.84. The van der Waals surface area contributed by atoms with Crippen molar-refractivity contribution in [3.8, 4) is 0 Å². The van der Waals surface area contributed by atoms with Gasteiger partial charge in [-0.2, -0.15) is 0 Å². The summed E-state index contributed by atoms with van der Waals surface area (Å²) in [5.74, 6) is -0.737. The third-order valence-corrected chi connectivity index (χ3v) is 3.81. The van der Waals surface area contributed by atoms with Crippen LogP contribution in [0.1, 0.15) is 47.0 Å². The fourth-order valence-electron chi connectivity index (χ4n) is 2.43. The second-order valence-electron chi connectivity index (χ2n) is 5.01. The number of carboxylic acids is 1. The molecular weight excluding hydrogens is 256 g/mol. The number of likely N-dealkylation sites (N-methyl/N-ethyl adjacent to an activating group) is 2. The van der Waals surface area contributed by atoms with Crippen LogP contribution in [-0.2, 0) is 9.53 Å². The number of rotatable bonds is 13. The molecule has 0 saturated heterocycles. The van der Waals surface area contributed by atoms with Crippen molar-refractivity contribution >= 4 is 5.97 Å². The lowest BCUT2D eigenvalue weighted by atomic mass is 9.90. The smallest absolute Gasteiger partial charge is 0.323 e. The molecule has 1 unspecified atom stereocenters. The largest absolute Gasteiger partial charge is 0.480 e. The van der Waals surface area contributed by atoms with Gasteiger partial charge in [-0.1, -0.05) is 20.8 Å². The molecular formula is C15H32N2O3. The highest BCUT2D eigenvalue weighted by atomic mass is 16.5. The zero-order chi connectivity index (χ0) is 15.4. The van der Waals surface area contributed by atoms with Crippen molar-refractivity contribution in [2.24, 2.45) is 0 Å². The Bertz CT molecular complexity index is 262. The number of ether oxygens (including phenoxy) is 1. The lowest BCUT2D eigenvalue weighted by Crippen LogP contribution is -2.52. The maximum atomic E-state index is 11.5. The van der Waals surface area contributed by atoms with E-state index in [0.717, 1.165) is 39.3 Å². The number of carboxylic acid groups (broad SMARTS) is 1. The Morgan fingerprint density at radius 1 is 1.25 bits per heavy atom. The minimum Gasteiger partial charge on any atom is -0.480 e. The van der Waals surface area contributed by atoms with Crippen molar-refractivity contribution in [2.75, 3.05) is 39.4 Å². The van der Waals surface area contributed by atoms with Crippen LogP contribution in [-0.4, -0.2) is 60.9 Å². The van der Waals surface area contributed by atoms with Gasteiger partial charge in [-0.05, 0) is 45.8 Å². The molecule has 0 radical (unpaired) electrons. The first-order valence-electron chi connectivity index (χ1n) is 7.84. The van der Waals surface area contributed by atoms with Gasteiger partial charge >= 0.3 is 5.97 Å². The Balaban J connectivity index is 4.23.